The van der Waals surface area contributed by atoms with Crippen LogP contribution >= 0.6 is 0 Å². The third-order valence-corrected chi connectivity index (χ3v) is 5.25. The minimum atomic E-state index is -1.11. The van der Waals surface area contributed by atoms with Crippen LogP contribution in [0.3, 0.4) is 0 Å². The highest BCUT2D eigenvalue weighted by Crippen LogP contribution is 2.54. The van der Waals surface area contributed by atoms with E-state index in [2.05, 4.69) is 15.0 Å². The third-order valence-electron chi connectivity index (χ3n) is 5.25. The zero-order valence-corrected chi connectivity index (χ0v) is 13.6. The largest absolute Gasteiger partial charge is 0.481 e. The second-order valence-corrected chi connectivity index (χ2v) is 6.83. The summed E-state index contributed by atoms with van der Waals surface area (Å²) in [6.07, 6.45) is 1.55. The normalized spacial score (nSPS) is 30.5. The Morgan fingerprint density at radius 2 is 2.19 bits per heavy atom. The summed E-state index contributed by atoms with van der Waals surface area (Å²) in [6.45, 7) is 0. The van der Waals surface area contributed by atoms with Gasteiger partial charge in [0.05, 0.1) is 24.8 Å². The maximum atomic E-state index is 12.0. The summed E-state index contributed by atoms with van der Waals surface area (Å²) < 4.78 is 7.63. The molecule has 4 atom stereocenters. The van der Waals surface area contributed by atoms with E-state index in [0.717, 1.165) is 0 Å². The van der Waals surface area contributed by atoms with Crippen LogP contribution in [0.2, 0.25) is 0 Å². The fourth-order valence-electron chi connectivity index (χ4n) is 4.27. The quantitative estimate of drug-likeness (QED) is 0.570. The van der Waals surface area contributed by atoms with Crippen molar-refractivity contribution in [3.05, 3.63) is 16.7 Å². The Labute approximate surface area is 145 Å². The van der Waals surface area contributed by atoms with Gasteiger partial charge >= 0.3 is 11.9 Å². The third kappa shape index (κ3) is 2.35. The number of nitrogens with two attached hydrogens (primary N) is 1. The minimum absolute atomic E-state index is 0.0661. The van der Waals surface area contributed by atoms with Gasteiger partial charge in [0.1, 0.15) is 0 Å². The van der Waals surface area contributed by atoms with E-state index < -0.39 is 35.2 Å². The molecule has 11 heteroatoms. The van der Waals surface area contributed by atoms with Crippen LogP contribution in [-0.4, -0.2) is 47.8 Å². The van der Waals surface area contributed by atoms with Crippen molar-refractivity contribution in [3.63, 3.8) is 0 Å². The zero-order valence-electron chi connectivity index (χ0n) is 13.6. The summed E-state index contributed by atoms with van der Waals surface area (Å²) in [6, 6.07) is 0. The molecule has 26 heavy (non-hydrogen) atoms. The Bertz CT molecular complexity index is 967. The number of nitrogens with zero attached hydrogens (tertiary/aromatic N) is 3. The molecule has 0 amide bonds. The second kappa shape index (κ2) is 5.53. The lowest BCUT2D eigenvalue weighted by Gasteiger charge is -2.31. The van der Waals surface area contributed by atoms with Gasteiger partial charge in [-0.15, -0.1) is 0 Å². The van der Waals surface area contributed by atoms with Crippen LogP contribution in [0, 0.1) is 11.8 Å². The minimum Gasteiger partial charge on any atom is -0.481 e. The molecule has 1 aliphatic heterocycles. The highest BCUT2D eigenvalue weighted by Gasteiger charge is 2.58. The smallest absolute Gasteiger partial charge is 0.306 e. The molecule has 1 saturated carbocycles. The van der Waals surface area contributed by atoms with Crippen LogP contribution in [-0.2, 0) is 20.1 Å². The van der Waals surface area contributed by atoms with Gasteiger partial charge < -0.3 is 20.7 Å². The average molecular weight is 363 g/mol. The predicted octanol–water partition coefficient (Wildman–Crippen LogP) is -0.271. The number of hydrogen-bond acceptors (Lipinski definition) is 7. The van der Waals surface area contributed by atoms with E-state index >= 15 is 0 Å². The monoisotopic (exact) mass is 363 g/mol. The number of aromatic amines is 1. The molecule has 1 saturated heterocycles. The van der Waals surface area contributed by atoms with Gasteiger partial charge in [-0.2, -0.15) is 4.98 Å². The van der Waals surface area contributed by atoms with E-state index in [0.29, 0.717) is 12.8 Å². The van der Waals surface area contributed by atoms with E-state index in [9.17, 15) is 19.5 Å². The highest BCUT2D eigenvalue weighted by atomic mass is 16.5. The van der Waals surface area contributed by atoms with E-state index in [-0.39, 0.29) is 35.9 Å². The average Bonchev–Trinajstić information content (AvgIpc) is 3.16. The molecule has 2 aromatic rings. The standard InChI is InChI=1S/C15H17N5O6/c16-14-18-11-10(12(23)19-14)17-5-20(11)15-4-6(13(24)25)1-7(15)2-8(26-15)3-9(21)22/h5-8H,1-4H2,(H,21,22)(H,24,25)(H3,16,18,19,23)/t6-,7?,8+,15-/m1/s1. The van der Waals surface area contributed by atoms with Gasteiger partial charge in [0.15, 0.2) is 16.9 Å². The van der Waals surface area contributed by atoms with Crippen LogP contribution in [0.5, 0.6) is 0 Å². The maximum Gasteiger partial charge on any atom is 0.306 e. The number of aliphatic carboxylic acids is 2. The molecule has 1 unspecified atom stereocenters. The summed E-state index contributed by atoms with van der Waals surface area (Å²) in [5.41, 5.74) is 4.28. The van der Waals surface area contributed by atoms with Crippen molar-refractivity contribution in [2.75, 3.05) is 5.73 Å². The number of ether oxygens (including phenoxy) is 1. The Balaban J connectivity index is 1.84. The molecule has 2 aromatic heterocycles. The van der Waals surface area contributed by atoms with Gasteiger partial charge in [-0.25, -0.2) is 4.98 Å². The number of carbonyl (C=O) groups is 2. The Hall–Kier alpha value is -2.95. The lowest BCUT2D eigenvalue weighted by atomic mass is 9.95. The number of H-pyrrole nitrogens is 1. The molecule has 11 nitrogen and oxygen atoms in total. The maximum absolute atomic E-state index is 12.0. The fraction of sp³-hybridized carbons (Fsp3) is 0.533. The number of carboxylic acid groups (broad SMARTS) is 2. The number of anilines is 1. The molecule has 138 valence electrons. The Morgan fingerprint density at radius 3 is 2.88 bits per heavy atom. The second-order valence-electron chi connectivity index (χ2n) is 6.83. The fourth-order valence-corrected chi connectivity index (χ4v) is 4.27. The number of aromatic nitrogens is 4. The van der Waals surface area contributed by atoms with Crippen molar-refractivity contribution in [1.82, 2.24) is 19.5 Å². The van der Waals surface area contributed by atoms with Crippen LogP contribution in [0.25, 0.3) is 11.2 Å². The van der Waals surface area contributed by atoms with Gasteiger partial charge in [-0.3, -0.25) is 23.9 Å². The van der Waals surface area contributed by atoms with Crippen molar-refractivity contribution >= 4 is 29.1 Å². The van der Waals surface area contributed by atoms with Crippen LogP contribution in [0.1, 0.15) is 25.7 Å². The summed E-state index contributed by atoms with van der Waals surface area (Å²) >= 11 is 0. The Kier molecular flexibility index (Phi) is 3.51. The first-order valence-electron chi connectivity index (χ1n) is 8.16. The number of fused-ring (bicyclic) bond motifs is 2. The number of imidazole rings is 1. The molecular weight excluding hydrogens is 346 g/mol. The van der Waals surface area contributed by atoms with Crippen LogP contribution < -0.4 is 11.3 Å². The van der Waals surface area contributed by atoms with Crippen molar-refractivity contribution in [2.45, 2.75) is 37.5 Å². The van der Waals surface area contributed by atoms with E-state index in [1.165, 1.54) is 6.33 Å². The van der Waals surface area contributed by atoms with Crippen LogP contribution in [0.15, 0.2) is 11.1 Å². The first-order valence-corrected chi connectivity index (χ1v) is 8.16. The van der Waals surface area contributed by atoms with E-state index in [1.807, 2.05) is 0 Å². The van der Waals surface area contributed by atoms with Crippen molar-refractivity contribution in [3.8, 4) is 0 Å². The number of carboxylic acids is 2. The molecule has 0 aromatic carbocycles. The SMILES string of the molecule is Nc1nc2c(ncn2[C@@]23C[C@H](C(=O)O)CC2C[C@@H](CC(=O)O)O3)c(=O)[nH]1. The molecule has 0 spiro atoms. The summed E-state index contributed by atoms with van der Waals surface area (Å²) in [5.74, 6) is -2.89. The highest BCUT2D eigenvalue weighted by molar-refractivity contribution is 5.73. The van der Waals surface area contributed by atoms with Crippen molar-refractivity contribution in [2.24, 2.45) is 11.8 Å². The molecule has 3 heterocycles. The van der Waals surface area contributed by atoms with Gasteiger partial charge in [-0.05, 0) is 12.8 Å². The molecule has 2 fully saturated rings. The number of rotatable bonds is 4. The summed E-state index contributed by atoms with van der Waals surface area (Å²) in [4.78, 5) is 45.2. The number of nitrogens with one attached hydrogen (secondary N) is 1. The molecule has 1 aliphatic carbocycles. The lowest BCUT2D eigenvalue weighted by Crippen LogP contribution is -2.36. The molecule has 0 bridgehead atoms. The molecular formula is C15H17N5O6. The summed E-state index contributed by atoms with van der Waals surface area (Å²) in [7, 11) is 0. The van der Waals surface area contributed by atoms with Gasteiger partial charge in [0, 0.05) is 12.3 Å². The van der Waals surface area contributed by atoms with E-state index in [4.69, 9.17) is 15.6 Å². The number of hydrogen-bond donors (Lipinski definition) is 4. The zero-order chi connectivity index (χ0) is 18.6. The Morgan fingerprint density at radius 1 is 1.42 bits per heavy atom. The van der Waals surface area contributed by atoms with Gasteiger partial charge in [0.25, 0.3) is 5.56 Å². The van der Waals surface area contributed by atoms with Crippen LogP contribution in [0.4, 0.5) is 5.95 Å². The van der Waals surface area contributed by atoms with Crippen molar-refractivity contribution < 1.29 is 24.5 Å². The van der Waals surface area contributed by atoms with E-state index in [1.54, 1.807) is 4.57 Å². The predicted molar refractivity (Wildman–Crippen MR) is 86.1 cm³/mol. The number of nitrogen functional groups attached to an aromatic ring is 1. The lowest BCUT2D eigenvalue weighted by molar-refractivity contribution is -0.151. The first-order chi connectivity index (χ1) is 12.3. The molecule has 4 rings (SSSR count). The van der Waals surface area contributed by atoms with Gasteiger partial charge in [0.2, 0.25) is 5.95 Å². The topological polar surface area (TPSA) is 173 Å². The first kappa shape index (κ1) is 16.5. The molecule has 0 radical (unpaired) electrons. The van der Waals surface area contributed by atoms with Crippen molar-refractivity contribution in [1.29, 1.82) is 0 Å². The van der Waals surface area contributed by atoms with Gasteiger partial charge in [-0.1, -0.05) is 0 Å². The molecule has 2 aliphatic rings. The molecule has 5 N–H and O–H groups in total. The summed E-state index contributed by atoms with van der Waals surface area (Å²) in [5, 5.41) is 18.5.